The molecule has 24 heavy (non-hydrogen) atoms. The molecule has 3 rings (SSSR count). The van der Waals surface area contributed by atoms with Crippen LogP contribution in [-0.2, 0) is 7.05 Å². The van der Waals surface area contributed by atoms with Gasteiger partial charge in [0.05, 0.1) is 5.25 Å². The number of nitrogens with zero attached hydrogens (tertiary/aromatic N) is 3. The van der Waals surface area contributed by atoms with Gasteiger partial charge in [0, 0.05) is 18.5 Å². The average Bonchev–Trinajstić information content (AvgIpc) is 3.32. The minimum atomic E-state index is -2.88. The number of Topliss-reactive ketones (excluding diaryl/α,β-unsaturated/α-hetero) is 1. The Hall–Kier alpha value is -1.96. The molecule has 0 spiro atoms. The molecule has 1 fully saturated rings. The molecule has 8 heteroatoms. The first kappa shape index (κ1) is 16.9. The highest BCUT2D eigenvalue weighted by Crippen LogP contribution is 2.40. The Balaban J connectivity index is 1.66. The molecule has 1 aliphatic carbocycles. The molecule has 1 atom stereocenters. The SMILES string of the molecule is C[C@H](Sc1nnc(C2CC2)n1C)C(=O)c1ccc(OC(F)F)cc1. The summed E-state index contributed by atoms with van der Waals surface area (Å²) in [6, 6.07) is 5.71. The van der Waals surface area contributed by atoms with Gasteiger partial charge in [0.1, 0.15) is 11.6 Å². The van der Waals surface area contributed by atoms with Gasteiger partial charge in [0.25, 0.3) is 0 Å². The third-order valence-electron chi connectivity index (χ3n) is 3.83. The second-order valence-electron chi connectivity index (χ2n) is 5.70. The molecule has 1 heterocycles. The van der Waals surface area contributed by atoms with Crippen molar-refractivity contribution in [3.8, 4) is 5.75 Å². The summed E-state index contributed by atoms with van der Waals surface area (Å²) < 4.78 is 30.5. The van der Waals surface area contributed by atoms with Crippen LogP contribution in [0.4, 0.5) is 8.78 Å². The van der Waals surface area contributed by atoms with Crippen molar-refractivity contribution in [3.05, 3.63) is 35.7 Å². The first-order valence-corrected chi connectivity index (χ1v) is 8.48. The molecule has 0 bridgehead atoms. The number of ether oxygens (including phenoxy) is 1. The van der Waals surface area contributed by atoms with Crippen LogP contribution in [0.2, 0.25) is 0 Å². The molecule has 128 valence electrons. The number of carbonyl (C=O) groups is 1. The monoisotopic (exact) mass is 353 g/mol. The number of alkyl halides is 2. The first-order valence-electron chi connectivity index (χ1n) is 7.60. The zero-order valence-electron chi connectivity index (χ0n) is 13.3. The quantitative estimate of drug-likeness (QED) is 0.562. The molecule has 0 unspecified atom stereocenters. The van der Waals surface area contributed by atoms with Crippen molar-refractivity contribution >= 4 is 17.5 Å². The van der Waals surface area contributed by atoms with E-state index in [1.165, 1.54) is 36.0 Å². The van der Waals surface area contributed by atoms with Gasteiger partial charge >= 0.3 is 6.61 Å². The molecule has 5 nitrogen and oxygen atoms in total. The second-order valence-corrected chi connectivity index (χ2v) is 7.01. The van der Waals surface area contributed by atoms with Crippen molar-refractivity contribution < 1.29 is 18.3 Å². The normalized spacial score (nSPS) is 15.5. The summed E-state index contributed by atoms with van der Waals surface area (Å²) in [5.74, 6) is 1.39. The number of hydrogen-bond donors (Lipinski definition) is 0. The summed E-state index contributed by atoms with van der Waals surface area (Å²) in [7, 11) is 1.91. The fourth-order valence-corrected chi connectivity index (χ4v) is 3.27. The van der Waals surface area contributed by atoms with Gasteiger partial charge in [-0.05, 0) is 44.0 Å². The maximum Gasteiger partial charge on any atom is 0.387 e. The van der Waals surface area contributed by atoms with Crippen molar-refractivity contribution in [1.29, 1.82) is 0 Å². The van der Waals surface area contributed by atoms with Gasteiger partial charge in [-0.15, -0.1) is 10.2 Å². The summed E-state index contributed by atoms with van der Waals surface area (Å²) in [6.07, 6.45) is 2.27. The summed E-state index contributed by atoms with van der Waals surface area (Å²) in [5, 5.41) is 8.70. The highest BCUT2D eigenvalue weighted by molar-refractivity contribution is 8.00. The summed E-state index contributed by atoms with van der Waals surface area (Å²) in [4.78, 5) is 12.5. The van der Waals surface area contributed by atoms with Crippen LogP contribution in [-0.4, -0.2) is 32.4 Å². The van der Waals surface area contributed by atoms with Crippen molar-refractivity contribution in [2.24, 2.45) is 7.05 Å². The van der Waals surface area contributed by atoms with Crippen molar-refractivity contribution in [2.75, 3.05) is 0 Å². The number of thioether (sulfide) groups is 1. The molecule has 2 aromatic rings. The minimum absolute atomic E-state index is 0.0317. The molecule has 0 saturated heterocycles. The lowest BCUT2D eigenvalue weighted by atomic mass is 10.1. The lowest BCUT2D eigenvalue weighted by Crippen LogP contribution is -2.14. The Morgan fingerprint density at radius 2 is 1.96 bits per heavy atom. The number of aromatic nitrogens is 3. The predicted molar refractivity (Wildman–Crippen MR) is 85.7 cm³/mol. The van der Waals surface area contributed by atoms with Crippen LogP contribution in [0, 0.1) is 0 Å². The van der Waals surface area contributed by atoms with Crippen LogP contribution in [0.5, 0.6) is 5.75 Å². The number of benzene rings is 1. The van der Waals surface area contributed by atoms with Gasteiger partial charge in [-0.25, -0.2) is 0 Å². The van der Waals surface area contributed by atoms with E-state index in [-0.39, 0.29) is 16.8 Å². The molecule has 0 aliphatic heterocycles. The molecular formula is C16H17F2N3O2S. The lowest BCUT2D eigenvalue weighted by molar-refractivity contribution is -0.0498. The van der Waals surface area contributed by atoms with Gasteiger partial charge in [-0.2, -0.15) is 8.78 Å². The number of hydrogen-bond acceptors (Lipinski definition) is 5. The topological polar surface area (TPSA) is 57.0 Å². The molecule has 1 saturated carbocycles. The van der Waals surface area contributed by atoms with E-state index >= 15 is 0 Å². The Labute approximate surface area is 142 Å². The zero-order chi connectivity index (χ0) is 17.3. The number of carbonyl (C=O) groups excluding carboxylic acids is 1. The van der Waals surface area contributed by atoms with Gasteiger partial charge in [0.15, 0.2) is 10.9 Å². The molecule has 0 N–H and O–H groups in total. The minimum Gasteiger partial charge on any atom is -0.435 e. The van der Waals surface area contributed by atoms with E-state index in [2.05, 4.69) is 14.9 Å². The first-order chi connectivity index (χ1) is 11.5. The van der Waals surface area contributed by atoms with Gasteiger partial charge < -0.3 is 9.30 Å². The third-order valence-corrected chi connectivity index (χ3v) is 4.96. The van der Waals surface area contributed by atoms with E-state index in [0.29, 0.717) is 16.6 Å². The van der Waals surface area contributed by atoms with Crippen molar-refractivity contribution in [1.82, 2.24) is 14.8 Å². The maximum atomic E-state index is 12.5. The maximum absolute atomic E-state index is 12.5. The molecular weight excluding hydrogens is 336 g/mol. The molecule has 0 amide bonds. The number of halogens is 2. The van der Waals surface area contributed by atoms with Crippen molar-refractivity contribution in [2.45, 2.75) is 42.7 Å². The van der Waals surface area contributed by atoms with Crippen LogP contribution < -0.4 is 4.74 Å². The zero-order valence-corrected chi connectivity index (χ0v) is 14.1. The van der Waals surface area contributed by atoms with E-state index < -0.39 is 6.61 Å². The van der Waals surface area contributed by atoms with Gasteiger partial charge in [0.2, 0.25) is 0 Å². The van der Waals surface area contributed by atoms with E-state index in [1.807, 2.05) is 11.6 Å². The highest BCUT2D eigenvalue weighted by atomic mass is 32.2. The number of rotatable bonds is 7. The van der Waals surface area contributed by atoms with Crippen LogP contribution in [0.25, 0.3) is 0 Å². The van der Waals surface area contributed by atoms with E-state index in [9.17, 15) is 13.6 Å². The summed E-state index contributed by atoms with van der Waals surface area (Å²) in [6.45, 7) is -1.08. The van der Waals surface area contributed by atoms with Gasteiger partial charge in [-0.3, -0.25) is 4.79 Å². The largest absolute Gasteiger partial charge is 0.435 e. The van der Waals surface area contributed by atoms with E-state index in [4.69, 9.17) is 0 Å². The third kappa shape index (κ3) is 3.75. The lowest BCUT2D eigenvalue weighted by Gasteiger charge is -2.11. The predicted octanol–water partition coefficient (Wildman–Crippen LogP) is 3.66. The molecule has 1 aromatic carbocycles. The standard InChI is InChI=1S/C16H17F2N3O2S/c1-9(24-16-20-19-14(21(16)2)11-3-4-11)13(22)10-5-7-12(8-6-10)23-15(17)18/h5-9,11,15H,3-4H2,1-2H3/t9-/m0/s1. The summed E-state index contributed by atoms with van der Waals surface area (Å²) >= 11 is 1.34. The van der Waals surface area contributed by atoms with E-state index in [1.54, 1.807) is 6.92 Å². The smallest absolute Gasteiger partial charge is 0.387 e. The van der Waals surface area contributed by atoms with E-state index in [0.717, 1.165) is 18.7 Å². The molecule has 0 radical (unpaired) electrons. The van der Waals surface area contributed by atoms with Crippen LogP contribution >= 0.6 is 11.8 Å². The van der Waals surface area contributed by atoms with Crippen LogP contribution in [0.3, 0.4) is 0 Å². The Kier molecular flexibility index (Phi) is 4.84. The van der Waals surface area contributed by atoms with Crippen molar-refractivity contribution in [3.63, 3.8) is 0 Å². The molecule has 1 aliphatic rings. The fraction of sp³-hybridized carbons (Fsp3) is 0.438. The van der Waals surface area contributed by atoms with Crippen LogP contribution in [0.1, 0.15) is 41.9 Å². The fourth-order valence-electron chi connectivity index (χ4n) is 2.37. The Morgan fingerprint density at radius 1 is 1.29 bits per heavy atom. The molecule has 1 aromatic heterocycles. The Morgan fingerprint density at radius 3 is 2.54 bits per heavy atom. The highest BCUT2D eigenvalue weighted by Gasteiger charge is 2.30. The second kappa shape index (κ2) is 6.88. The summed E-state index contributed by atoms with van der Waals surface area (Å²) in [5.41, 5.74) is 0.446. The van der Waals surface area contributed by atoms with Crippen LogP contribution in [0.15, 0.2) is 29.4 Å². The Bertz CT molecular complexity index is 729. The average molecular weight is 353 g/mol. The number of ketones is 1. The van der Waals surface area contributed by atoms with Gasteiger partial charge in [-0.1, -0.05) is 11.8 Å².